The summed E-state index contributed by atoms with van der Waals surface area (Å²) in [5.41, 5.74) is 1.89. The SMILES string of the molecule is ClCc1nc2cccc(Cl)c2n1CCCCn1ccnc1. The molecule has 6 heteroatoms. The molecule has 0 aliphatic rings. The van der Waals surface area contributed by atoms with Crippen molar-refractivity contribution in [3.8, 4) is 0 Å². The average Bonchev–Trinajstić information content (AvgIpc) is 3.11. The number of benzene rings is 1. The average molecular weight is 323 g/mol. The molecule has 0 atom stereocenters. The number of aryl methyl sites for hydroxylation is 2. The summed E-state index contributed by atoms with van der Waals surface area (Å²) < 4.78 is 4.22. The third-order valence-electron chi connectivity index (χ3n) is 3.52. The summed E-state index contributed by atoms with van der Waals surface area (Å²) in [6.07, 6.45) is 7.73. The van der Waals surface area contributed by atoms with E-state index >= 15 is 0 Å². The summed E-state index contributed by atoms with van der Waals surface area (Å²) in [4.78, 5) is 8.60. The molecule has 2 aromatic heterocycles. The summed E-state index contributed by atoms with van der Waals surface area (Å²) in [5, 5.41) is 0.728. The van der Waals surface area contributed by atoms with Gasteiger partial charge in [0, 0.05) is 25.5 Å². The molecule has 0 aliphatic heterocycles. The van der Waals surface area contributed by atoms with Gasteiger partial charge in [0.25, 0.3) is 0 Å². The molecule has 0 unspecified atom stereocenters. The number of alkyl halides is 1. The van der Waals surface area contributed by atoms with E-state index in [1.165, 1.54) is 0 Å². The maximum Gasteiger partial charge on any atom is 0.124 e. The van der Waals surface area contributed by atoms with Crippen molar-refractivity contribution in [3.05, 3.63) is 47.8 Å². The number of fused-ring (bicyclic) bond motifs is 1. The smallest absolute Gasteiger partial charge is 0.124 e. The van der Waals surface area contributed by atoms with E-state index in [-0.39, 0.29) is 0 Å². The van der Waals surface area contributed by atoms with Crippen LogP contribution in [0.5, 0.6) is 0 Å². The van der Waals surface area contributed by atoms with Crippen LogP contribution in [0.4, 0.5) is 0 Å². The Morgan fingerprint density at radius 2 is 2.00 bits per heavy atom. The Kier molecular flexibility index (Phi) is 4.46. The van der Waals surface area contributed by atoms with E-state index in [2.05, 4.69) is 19.1 Å². The topological polar surface area (TPSA) is 35.6 Å². The van der Waals surface area contributed by atoms with Gasteiger partial charge < -0.3 is 9.13 Å². The molecule has 3 rings (SSSR count). The first-order chi connectivity index (χ1) is 10.3. The van der Waals surface area contributed by atoms with Gasteiger partial charge in [-0.2, -0.15) is 0 Å². The number of para-hydroxylation sites is 1. The molecule has 0 aliphatic carbocycles. The number of halogens is 2. The van der Waals surface area contributed by atoms with Crippen LogP contribution in [0.3, 0.4) is 0 Å². The highest BCUT2D eigenvalue weighted by molar-refractivity contribution is 6.35. The van der Waals surface area contributed by atoms with Gasteiger partial charge in [0.1, 0.15) is 5.82 Å². The van der Waals surface area contributed by atoms with E-state index in [1.807, 2.05) is 30.7 Å². The van der Waals surface area contributed by atoms with Gasteiger partial charge in [-0.1, -0.05) is 17.7 Å². The molecule has 0 radical (unpaired) electrons. The Morgan fingerprint density at radius 3 is 2.76 bits per heavy atom. The standard InChI is InChI=1S/C15H16Cl2N4/c16-10-14-19-13-5-3-4-12(17)15(13)21(14)8-2-1-7-20-9-6-18-11-20/h3-6,9,11H,1-2,7-8,10H2. The Hall–Kier alpha value is -1.52. The molecule has 0 saturated heterocycles. The van der Waals surface area contributed by atoms with Gasteiger partial charge in [-0.3, -0.25) is 0 Å². The fourth-order valence-corrected chi connectivity index (χ4v) is 2.99. The maximum absolute atomic E-state index is 6.31. The van der Waals surface area contributed by atoms with E-state index in [0.717, 1.165) is 47.8 Å². The first-order valence-corrected chi connectivity index (χ1v) is 7.86. The molecule has 110 valence electrons. The lowest BCUT2D eigenvalue weighted by atomic mass is 10.2. The van der Waals surface area contributed by atoms with Crippen LogP contribution in [0.25, 0.3) is 11.0 Å². The number of unbranched alkanes of at least 4 members (excludes halogenated alkanes) is 1. The minimum atomic E-state index is 0.395. The molecule has 0 fully saturated rings. The van der Waals surface area contributed by atoms with Crippen molar-refractivity contribution < 1.29 is 0 Å². The number of hydrogen-bond donors (Lipinski definition) is 0. The molecule has 0 N–H and O–H groups in total. The molecule has 4 nitrogen and oxygen atoms in total. The van der Waals surface area contributed by atoms with Crippen LogP contribution < -0.4 is 0 Å². The summed E-state index contributed by atoms with van der Waals surface area (Å²) in [5.74, 6) is 1.27. The van der Waals surface area contributed by atoms with Crippen LogP contribution in [0.15, 0.2) is 36.9 Å². The van der Waals surface area contributed by atoms with Gasteiger partial charge in [0.15, 0.2) is 0 Å². The monoisotopic (exact) mass is 322 g/mol. The highest BCUT2D eigenvalue weighted by Gasteiger charge is 2.12. The van der Waals surface area contributed by atoms with Gasteiger partial charge in [0.2, 0.25) is 0 Å². The van der Waals surface area contributed by atoms with Gasteiger partial charge in [0.05, 0.1) is 28.3 Å². The highest BCUT2D eigenvalue weighted by Crippen LogP contribution is 2.25. The third-order valence-corrected chi connectivity index (χ3v) is 4.07. The van der Waals surface area contributed by atoms with Crippen LogP contribution in [0.1, 0.15) is 18.7 Å². The first kappa shape index (κ1) is 14.4. The van der Waals surface area contributed by atoms with Crippen molar-refractivity contribution in [1.82, 2.24) is 19.1 Å². The molecule has 2 heterocycles. The second-order valence-electron chi connectivity index (χ2n) is 4.93. The van der Waals surface area contributed by atoms with Gasteiger partial charge >= 0.3 is 0 Å². The zero-order valence-electron chi connectivity index (χ0n) is 11.5. The van der Waals surface area contributed by atoms with Crippen LogP contribution in [-0.4, -0.2) is 19.1 Å². The van der Waals surface area contributed by atoms with Crippen molar-refractivity contribution in [3.63, 3.8) is 0 Å². The van der Waals surface area contributed by atoms with Crippen molar-refractivity contribution >= 4 is 34.2 Å². The second-order valence-corrected chi connectivity index (χ2v) is 5.60. The van der Waals surface area contributed by atoms with Gasteiger partial charge in [-0.25, -0.2) is 9.97 Å². The Bertz CT molecular complexity index is 719. The summed E-state index contributed by atoms with van der Waals surface area (Å²) in [6, 6.07) is 5.78. The number of hydrogen-bond acceptors (Lipinski definition) is 2. The van der Waals surface area contributed by atoms with E-state index < -0.39 is 0 Å². The Labute approximate surface area is 133 Å². The zero-order chi connectivity index (χ0) is 14.7. The van der Waals surface area contributed by atoms with Crippen molar-refractivity contribution in [1.29, 1.82) is 0 Å². The quantitative estimate of drug-likeness (QED) is 0.506. The Morgan fingerprint density at radius 1 is 1.14 bits per heavy atom. The normalized spacial score (nSPS) is 11.3. The Balaban J connectivity index is 1.73. The molecule has 3 aromatic rings. The van der Waals surface area contributed by atoms with E-state index in [4.69, 9.17) is 23.2 Å². The molecule has 1 aromatic carbocycles. The summed E-state index contributed by atoms with van der Waals surface area (Å²) in [6.45, 7) is 1.84. The molecular weight excluding hydrogens is 307 g/mol. The second kappa shape index (κ2) is 6.50. The van der Waals surface area contributed by atoms with Crippen LogP contribution >= 0.6 is 23.2 Å². The molecule has 0 saturated carbocycles. The maximum atomic E-state index is 6.31. The number of aromatic nitrogens is 4. The molecule has 21 heavy (non-hydrogen) atoms. The van der Waals surface area contributed by atoms with Gasteiger partial charge in [-0.05, 0) is 25.0 Å². The van der Waals surface area contributed by atoms with E-state index in [1.54, 1.807) is 6.20 Å². The van der Waals surface area contributed by atoms with E-state index in [9.17, 15) is 0 Å². The minimum absolute atomic E-state index is 0.395. The summed E-state index contributed by atoms with van der Waals surface area (Å²) in [7, 11) is 0. The van der Waals surface area contributed by atoms with Crippen molar-refractivity contribution in [2.24, 2.45) is 0 Å². The molecule has 0 bridgehead atoms. The molecule has 0 amide bonds. The number of rotatable bonds is 6. The highest BCUT2D eigenvalue weighted by atomic mass is 35.5. The predicted octanol–water partition coefficient (Wildman–Crippen LogP) is 4.11. The minimum Gasteiger partial charge on any atom is -0.337 e. The number of imidazole rings is 2. The van der Waals surface area contributed by atoms with Gasteiger partial charge in [-0.15, -0.1) is 11.6 Å². The predicted molar refractivity (Wildman–Crippen MR) is 85.8 cm³/mol. The first-order valence-electron chi connectivity index (χ1n) is 6.95. The lowest BCUT2D eigenvalue weighted by Gasteiger charge is -2.09. The fourth-order valence-electron chi connectivity index (χ4n) is 2.52. The third kappa shape index (κ3) is 3.06. The lowest BCUT2D eigenvalue weighted by molar-refractivity contribution is 0.552. The largest absolute Gasteiger partial charge is 0.337 e. The summed E-state index contributed by atoms with van der Waals surface area (Å²) >= 11 is 12.3. The van der Waals surface area contributed by atoms with Crippen LogP contribution in [0, 0.1) is 0 Å². The number of nitrogens with zero attached hydrogens (tertiary/aromatic N) is 4. The zero-order valence-corrected chi connectivity index (χ0v) is 13.1. The molecular formula is C15H16Cl2N4. The van der Waals surface area contributed by atoms with Crippen molar-refractivity contribution in [2.75, 3.05) is 0 Å². The van der Waals surface area contributed by atoms with Crippen molar-refractivity contribution in [2.45, 2.75) is 31.8 Å². The fraction of sp³-hybridized carbons (Fsp3) is 0.333. The van der Waals surface area contributed by atoms with Crippen LogP contribution in [0.2, 0.25) is 5.02 Å². The van der Waals surface area contributed by atoms with E-state index in [0.29, 0.717) is 5.88 Å². The molecule has 0 spiro atoms. The van der Waals surface area contributed by atoms with Crippen LogP contribution in [-0.2, 0) is 19.0 Å². The lowest BCUT2D eigenvalue weighted by Crippen LogP contribution is -2.04.